The maximum absolute atomic E-state index is 11.9. The Morgan fingerprint density at radius 1 is 1.26 bits per heavy atom. The third-order valence-corrected chi connectivity index (χ3v) is 3.52. The van der Waals surface area contributed by atoms with E-state index in [0.29, 0.717) is 13.0 Å². The summed E-state index contributed by atoms with van der Waals surface area (Å²) in [5.74, 6) is 0. The predicted octanol–water partition coefficient (Wildman–Crippen LogP) is 3.92. The van der Waals surface area contributed by atoms with Crippen LogP contribution in [0.2, 0.25) is 5.02 Å². The zero-order valence-corrected chi connectivity index (χ0v) is 13.3. The molecule has 0 fully saturated rings. The van der Waals surface area contributed by atoms with Crippen molar-refractivity contribution in [2.75, 3.05) is 11.9 Å². The van der Waals surface area contributed by atoms with Gasteiger partial charge in [0, 0.05) is 18.7 Å². The molecule has 0 aliphatic heterocycles. The minimum atomic E-state index is -0.544. The molecule has 0 saturated heterocycles. The van der Waals surface area contributed by atoms with E-state index in [1.165, 1.54) is 18.2 Å². The molecule has 0 bridgehead atoms. The van der Waals surface area contributed by atoms with Crippen molar-refractivity contribution < 1.29 is 9.72 Å². The Morgan fingerprint density at radius 2 is 2.04 bits per heavy atom. The smallest absolute Gasteiger partial charge is 0.319 e. The summed E-state index contributed by atoms with van der Waals surface area (Å²) in [6, 6.07) is 11.4. The number of nitro groups is 1. The lowest BCUT2D eigenvalue weighted by atomic mass is 10.1. The molecular weight excluding hydrogens is 318 g/mol. The Kier molecular flexibility index (Phi) is 5.54. The number of aryl methyl sites for hydroxylation is 1. The molecule has 0 aromatic heterocycles. The molecule has 2 aromatic rings. The Bertz CT molecular complexity index is 734. The van der Waals surface area contributed by atoms with Gasteiger partial charge in [0.15, 0.2) is 0 Å². The predicted molar refractivity (Wildman–Crippen MR) is 90.0 cm³/mol. The molecule has 2 rings (SSSR count). The molecule has 0 unspecified atom stereocenters. The normalized spacial score (nSPS) is 10.2. The number of nitrogens with one attached hydrogen (secondary N) is 2. The molecule has 2 N–H and O–H groups in total. The number of rotatable bonds is 5. The largest absolute Gasteiger partial charge is 0.338 e. The number of anilines is 1. The maximum atomic E-state index is 11.9. The first-order chi connectivity index (χ1) is 11.0. The summed E-state index contributed by atoms with van der Waals surface area (Å²) in [5.41, 5.74) is 2.35. The Labute approximate surface area is 138 Å². The van der Waals surface area contributed by atoms with E-state index in [9.17, 15) is 14.9 Å². The first-order valence-corrected chi connectivity index (χ1v) is 7.38. The van der Waals surface area contributed by atoms with E-state index in [2.05, 4.69) is 16.7 Å². The molecule has 120 valence electrons. The van der Waals surface area contributed by atoms with Crippen molar-refractivity contribution in [1.82, 2.24) is 5.32 Å². The highest BCUT2D eigenvalue weighted by Crippen LogP contribution is 2.26. The number of hydrogen-bond donors (Lipinski definition) is 2. The number of benzene rings is 2. The number of carbonyl (C=O) groups excluding carboxylic acids is 1. The van der Waals surface area contributed by atoms with Gasteiger partial charge in [-0.15, -0.1) is 0 Å². The quantitative estimate of drug-likeness (QED) is 0.642. The molecule has 7 heteroatoms. The minimum Gasteiger partial charge on any atom is -0.338 e. The standard InChI is InChI=1S/C16H16ClN3O3/c1-11-3-2-4-12(9-11)7-8-18-16(21)19-15-10-13(20(22)23)5-6-14(15)17/h2-6,9-10H,7-8H2,1H3,(H2,18,19,21). The second-order valence-corrected chi connectivity index (χ2v) is 5.45. The summed E-state index contributed by atoms with van der Waals surface area (Å²) in [6.07, 6.45) is 0.692. The van der Waals surface area contributed by atoms with Crippen LogP contribution in [-0.4, -0.2) is 17.5 Å². The number of non-ortho nitro benzene ring substituents is 1. The fraction of sp³-hybridized carbons (Fsp3) is 0.188. The zero-order chi connectivity index (χ0) is 16.8. The number of nitrogens with zero attached hydrogens (tertiary/aromatic N) is 1. The maximum Gasteiger partial charge on any atom is 0.319 e. The summed E-state index contributed by atoms with van der Waals surface area (Å²) in [6.45, 7) is 2.45. The highest BCUT2D eigenvalue weighted by Gasteiger charge is 2.11. The van der Waals surface area contributed by atoms with Crippen molar-refractivity contribution in [2.24, 2.45) is 0 Å². The van der Waals surface area contributed by atoms with Crippen LogP contribution >= 0.6 is 11.6 Å². The molecule has 0 atom stereocenters. The molecule has 0 spiro atoms. The lowest BCUT2D eigenvalue weighted by Crippen LogP contribution is -2.30. The van der Waals surface area contributed by atoms with E-state index in [4.69, 9.17) is 11.6 Å². The van der Waals surface area contributed by atoms with Gasteiger partial charge in [-0.2, -0.15) is 0 Å². The average molecular weight is 334 g/mol. The van der Waals surface area contributed by atoms with Crippen molar-refractivity contribution in [1.29, 1.82) is 0 Å². The number of carbonyl (C=O) groups is 1. The van der Waals surface area contributed by atoms with E-state index < -0.39 is 11.0 Å². The molecule has 0 saturated carbocycles. The first kappa shape index (κ1) is 16.8. The summed E-state index contributed by atoms with van der Waals surface area (Å²) in [5, 5.41) is 16.2. The number of urea groups is 1. The van der Waals surface area contributed by atoms with Gasteiger partial charge in [0.2, 0.25) is 0 Å². The van der Waals surface area contributed by atoms with Crippen molar-refractivity contribution in [3.05, 3.63) is 68.7 Å². The van der Waals surface area contributed by atoms with Crippen LogP contribution in [0.5, 0.6) is 0 Å². The second-order valence-electron chi connectivity index (χ2n) is 5.04. The summed E-state index contributed by atoms with van der Waals surface area (Å²) in [4.78, 5) is 22.0. The van der Waals surface area contributed by atoms with Gasteiger partial charge in [-0.25, -0.2) is 4.79 Å². The number of nitro benzene ring substituents is 1. The fourth-order valence-corrected chi connectivity index (χ4v) is 2.24. The minimum absolute atomic E-state index is 0.135. The highest BCUT2D eigenvalue weighted by atomic mass is 35.5. The average Bonchev–Trinajstić information content (AvgIpc) is 2.49. The van der Waals surface area contributed by atoms with Crippen molar-refractivity contribution in [3.63, 3.8) is 0 Å². The third kappa shape index (κ3) is 4.96. The van der Waals surface area contributed by atoms with Crippen LogP contribution in [0.4, 0.5) is 16.2 Å². The van der Waals surface area contributed by atoms with Crippen LogP contribution in [0.1, 0.15) is 11.1 Å². The monoisotopic (exact) mass is 333 g/mol. The van der Waals surface area contributed by atoms with Gasteiger partial charge >= 0.3 is 6.03 Å². The number of halogens is 1. The molecule has 2 amide bonds. The third-order valence-electron chi connectivity index (χ3n) is 3.19. The lowest BCUT2D eigenvalue weighted by molar-refractivity contribution is -0.384. The first-order valence-electron chi connectivity index (χ1n) is 7.00. The SMILES string of the molecule is Cc1cccc(CCNC(=O)Nc2cc([N+](=O)[O-])ccc2Cl)c1. The van der Waals surface area contributed by atoms with Crippen LogP contribution in [0, 0.1) is 17.0 Å². The van der Waals surface area contributed by atoms with Gasteiger partial charge in [-0.05, 0) is 25.0 Å². The van der Waals surface area contributed by atoms with E-state index in [0.717, 1.165) is 11.1 Å². The van der Waals surface area contributed by atoms with Gasteiger partial charge in [-0.3, -0.25) is 10.1 Å². The van der Waals surface area contributed by atoms with Gasteiger partial charge in [0.25, 0.3) is 5.69 Å². The Morgan fingerprint density at radius 3 is 2.74 bits per heavy atom. The van der Waals surface area contributed by atoms with Crippen LogP contribution in [-0.2, 0) is 6.42 Å². The summed E-state index contributed by atoms with van der Waals surface area (Å²) in [7, 11) is 0. The van der Waals surface area contributed by atoms with E-state index in [-0.39, 0.29) is 16.4 Å². The molecule has 0 aliphatic rings. The second kappa shape index (κ2) is 7.60. The molecule has 23 heavy (non-hydrogen) atoms. The van der Waals surface area contributed by atoms with Crippen molar-refractivity contribution >= 4 is 29.0 Å². The number of hydrogen-bond acceptors (Lipinski definition) is 3. The summed E-state index contributed by atoms with van der Waals surface area (Å²) >= 11 is 5.93. The molecule has 0 radical (unpaired) electrons. The van der Waals surface area contributed by atoms with Crippen molar-refractivity contribution in [3.8, 4) is 0 Å². The van der Waals surface area contributed by atoms with Crippen molar-refractivity contribution in [2.45, 2.75) is 13.3 Å². The Hall–Kier alpha value is -2.60. The molecule has 0 heterocycles. The van der Waals surface area contributed by atoms with Gasteiger partial charge < -0.3 is 10.6 Å². The molecule has 6 nitrogen and oxygen atoms in total. The molecule has 2 aromatic carbocycles. The lowest BCUT2D eigenvalue weighted by Gasteiger charge is -2.09. The fourth-order valence-electron chi connectivity index (χ4n) is 2.08. The van der Waals surface area contributed by atoms with Gasteiger partial charge in [-0.1, -0.05) is 41.4 Å². The Balaban J connectivity index is 1.90. The topological polar surface area (TPSA) is 84.3 Å². The van der Waals surface area contributed by atoms with Crippen LogP contribution in [0.25, 0.3) is 0 Å². The molecular formula is C16H16ClN3O3. The summed E-state index contributed by atoms with van der Waals surface area (Å²) < 4.78 is 0. The van der Waals surface area contributed by atoms with Gasteiger partial charge in [0.05, 0.1) is 15.6 Å². The van der Waals surface area contributed by atoms with Crippen LogP contribution in [0.15, 0.2) is 42.5 Å². The van der Waals surface area contributed by atoms with E-state index in [1.54, 1.807) is 0 Å². The van der Waals surface area contributed by atoms with E-state index >= 15 is 0 Å². The van der Waals surface area contributed by atoms with Crippen LogP contribution in [0.3, 0.4) is 0 Å². The highest BCUT2D eigenvalue weighted by molar-refractivity contribution is 6.33. The number of amides is 2. The zero-order valence-electron chi connectivity index (χ0n) is 12.5. The van der Waals surface area contributed by atoms with Gasteiger partial charge in [0.1, 0.15) is 0 Å². The van der Waals surface area contributed by atoms with E-state index in [1.807, 2.05) is 25.1 Å². The van der Waals surface area contributed by atoms with Crippen LogP contribution < -0.4 is 10.6 Å². The molecule has 0 aliphatic carbocycles.